The Morgan fingerprint density at radius 3 is 2.94 bits per heavy atom. The van der Waals surface area contributed by atoms with Gasteiger partial charge in [0.05, 0.1) is 17.3 Å². The van der Waals surface area contributed by atoms with Crippen LogP contribution >= 0.6 is 11.6 Å². The molecule has 2 rings (SSSR count). The van der Waals surface area contributed by atoms with Gasteiger partial charge in [-0.15, -0.1) is 11.6 Å². The minimum absolute atomic E-state index is 0.0961. The third kappa shape index (κ3) is 2.51. The fourth-order valence-corrected chi connectivity index (χ4v) is 1.67. The number of aryl methyl sites for hydroxylation is 1. The van der Waals surface area contributed by atoms with Gasteiger partial charge in [-0.1, -0.05) is 0 Å². The van der Waals surface area contributed by atoms with Gasteiger partial charge >= 0.3 is 0 Å². The summed E-state index contributed by atoms with van der Waals surface area (Å²) in [6.07, 6.45) is 3.44. The Morgan fingerprint density at radius 1 is 1.56 bits per heavy atom. The van der Waals surface area contributed by atoms with Gasteiger partial charge in [0.2, 0.25) is 0 Å². The van der Waals surface area contributed by atoms with Crippen LogP contribution in [0.5, 0.6) is 0 Å². The Labute approximate surface area is 109 Å². The molecule has 0 bridgehead atoms. The largest absolute Gasteiger partial charge is 0.386 e. The predicted molar refractivity (Wildman–Crippen MR) is 70.3 cm³/mol. The molecule has 2 aromatic rings. The molecule has 0 saturated carbocycles. The molecule has 18 heavy (non-hydrogen) atoms. The number of hydrogen-bond donors (Lipinski definition) is 1. The van der Waals surface area contributed by atoms with Crippen LogP contribution in [0.4, 0.5) is 10.1 Å². The summed E-state index contributed by atoms with van der Waals surface area (Å²) in [5.74, 6) is 0.736. The van der Waals surface area contributed by atoms with Crippen molar-refractivity contribution in [2.24, 2.45) is 10.7 Å². The molecule has 0 amide bonds. The number of halogens is 2. The van der Waals surface area contributed by atoms with E-state index in [1.54, 1.807) is 23.0 Å². The van der Waals surface area contributed by atoms with Crippen LogP contribution in [0.1, 0.15) is 5.82 Å². The third-order valence-electron chi connectivity index (χ3n) is 2.42. The first-order chi connectivity index (χ1) is 8.61. The Hall–Kier alpha value is -1.88. The Bertz CT molecular complexity index is 592. The normalized spacial score (nSPS) is 11.8. The van der Waals surface area contributed by atoms with E-state index in [1.165, 1.54) is 12.1 Å². The fourth-order valence-electron chi connectivity index (χ4n) is 1.61. The summed E-state index contributed by atoms with van der Waals surface area (Å²) < 4.78 is 15.1. The van der Waals surface area contributed by atoms with E-state index in [1.807, 2.05) is 6.92 Å². The molecule has 1 heterocycles. The highest BCUT2D eigenvalue weighted by atomic mass is 35.5. The van der Waals surface area contributed by atoms with Crippen molar-refractivity contribution >= 4 is 23.1 Å². The third-order valence-corrected chi connectivity index (χ3v) is 2.70. The summed E-state index contributed by atoms with van der Waals surface area (Å²) in [4.78, 5) is 8.23. The van der Waals surface area contributed by atoms with Crippen LogP contribution < -0.4 is 5.73 Å². The Balaban J connectivity index is 2.58. The van der Waals surface area contributed by atoms with Crippen LogP contribution in [0.2, 0.25) is 0 Å². The SMILES string of the molecule is Cc1nccn1-c1ccc(F)cc1N=C(N)CCl. The summed E-state index contributed by atoms with van der Waals surface area (Å²) in [6, 6.07) is 4.31. The summed E-state index contributed by atoms with van der Waals surface area (Å²) in [7, 11) is 0. The first-order valence-electron chi connectivity index (χ1n) is 5.30. The van der Waals surface area contributed by atoms with Gasteiger partial charge in [0, 0.05) is 18.5 Å². The van der Waals surface area contributed by atoms with Crippen molar-refractivity contribution in [3.8, 4) is 5.69 Å². The molecule has 0 unspecified atom stereocenters. The molecule has 0 saturated heterocycles. The monoisotopic (exact) mass is 266 g/mol. The maximum Gasteiger partial charge on any atom is 0.125 e. The molecule has 0 radical (unpaired) electrons. The van der Waals surface area contributed by atoms with E-state index in [9.17, 15) is 4.39 Å². The number of imidazole rings is 1. The van der Waals surface area contributed by atoms with Gasteiger partial charge in [-0.25, -0.2) is 14.4 Å². The first-order valence-corrected chi connectivity index (χ1v) is 5.84. The molecular formula is C12H12ClFN4. The number of amidine groups is 1. The minimum atomic E-state index is -0.377. The number of hydrogen-bond acceptors (Lipinski definition) is 2. The number of rotatable bonds is 3. The zero-order valence-electron chi connectivity index (χ0n) is 9.77. The van der Waals surface area contributed by atoms with E-state index < -0.39 is 0 Å². The minimum Gasteiger partial charge on any atom is -0.386 e. The topological polar surface area (TPSA) is 56.2 Å². The second-order valence-electron chi connectivity index (χ2n) is 3.71. The van der Waals surface area contributed by atoms with Crippen LogP contribution in [0, 0.1) is 12.7 Å². The molecule has 0 atom stereocenters. The van der Waals surface area contributed by atoms with E-state index in [0.717, 1.165) is 5.82 Å². The van der Waals surface area contributed by atoms with Gasteiger partial charge in [0.1, 0.15) is 17.5 Å². The average Bonchev–Trinajstić information content (AvgIpc) is 2.75. The molecule has 0 aliphatic heterocycles. The van der Waals surface area contributed by atoms with E-state index >= 15 is 0 Å². The van der Waals surface area contributed by atoms with Gasteiger partial charge in [0.15, 0.2) is 0 Å². The van der Waals surface area contributed by atoms with Crippen molar-refractivity contribution in [3.63, 3.8) is 0 Å². The van der Waals surface area contributed by atoms with Gasteiger partial charge in [-0.3, -0.25) is 0 Å². The maximum atomic E-state index is 13.3. The second-order valence-corrected chi connectivity index (χ2v) is 3.98. The van der Waals surface area contributed by atoms with E-state index in [0.29, 0.717) is 11.4 Å². The lowest BCUT2D eigenvalue weighted by atomic mass is 10.2. The van der Waals surface area contributed by atoms with E-state index in [2.05, 4.69) is 9.98 Å². The summed E-state index contributed by atoms with van der Waals surface area (Å²) in [5.41, 5.74) is 6.72. The summed E-state index contributed by atoms with van der Waals surface area (Å²) in [6.45, 7) is 1.85. The molecule has 0 aliphatic rings. The van der Waals surface area contributed by atoms with Crippen molar-refractivity contribution in [1.29, 1.82) is 0 Å². The lowest BCUT2D eigenvalue weighted by Gasteiger charge is -2.09. The second kappa shape index (κ2) is 5.18. The molecule has 4 nitrogen and oxygen atoms in total. The number of aromatic nitrogens is 2. The zero-order chi connectivity index (χ0) is 13.1. The highest BCUT2D eigenvalue weighted by Gasteiger charge is 2.08. The zero-order valence-corrected chi connectivity index (χ0v) is 10.5. The molecule has 6 heteroatoms. The highest BCUT2D eigenvalue weighted by Crippen LogP contribution is 2.25. The van der Waals surface area contributed by atoms with Crippen LogP contribution in [0.15, 0.2) is 35.6 Å². The van der Waals surface area contributed by atoms with E-state index in [4.69, 9.17) is 17.3 Å². The Morgan fingerprint density at radius 2 is 2.33 bits per heavy atom. The van der Waals surface area contributed by atoms with Crippen molar-refractivity contribution in [1.82, 2.24) is 9.55 Å². The number of nitrogens with two attached hydrogens (primary N) is 1. The quantitative estimate of drug-likeness (QED) is 0.527. The highest BCUT2D eigenvalue weighted by molar-refractivity contribution is 6.28. The molecule has 0 spiro atoms. The molecule has 2 N–H and O–H groups in total. The van der Waals surface area contributed by atoms with E-state index in [-0.39, 0.29) is 17.5 Å². The smallest absolute Gasteiger partial charge is 0.125 e. The molecular weight excluding hydrogens is 255 g/mol. The summed E-state index contributed by atoms with van der Waals surface area (Å²) in [5, 5.41) is 0. The van der Waals surface area contributed by atoms with Crippen molar-refractivity contribution in [3.05, 3.63) is 42.2 Å². The molecule has 0 fully saturated rings. The van der Waals surface area contributed by atoms with Crippen LogP contribution in [-0.4, -0.2) is 21.3 Å². The molecule has 94 valence electrons. The molecule has 1 aromatic carbocycles. The van der Waals surface area contributed by atoms with Crippen molar-refractivity contribution in [2.75, 3.05) is 5.88 Å². The van der Waals surface area contributed by atoms with Crippen LogP contribution in [-0.2, 0) is 0 Å². The van der Waals surface area contributed by atoms with Crippen molar-refractivity contribution < 1.29 is 4.39 Å². The molecule has 1 aromatic heterocycles. The number of alkyl halides is 1. The number of nitrogens with zero attached hydrogens (tertiary/aromatic N) is 3. The molecule has 0 aliphatic carbocycles. The van der Waals surface area contributed by atoms with Gasteiger partial charge < -0.3 is 10.3 Å². The average molecular weight is 267 g/mol. The van der Waals surface area contributed by atoms with Crippen LogP contribution in [0.25, 0.3) is 5.69 Å². The predicted octanol–water partition coefficient (Wildman–Crippen LogP) is 2.55. The first kappa shape index (κ1) is 12.6. The van der Waals surface area contributed by atoms with Gasteiger partial charge in [-0.2, -0.15) is 0 Å². The number of benzene rings is 1. The number of aliphatic imine (C=N–C) groups is 1. The Kier molecular flexibility index (Phi) is 3.62. The lowest BCUT2D eigenvalue weighted by molar-refractivity contribution is 0.627. The standard InChI is InChI=1S/C12H12ClFN4/c1-8-16-4-5-18(8)11-3-2-9(14)6-10(11)17-12(15)7-13/h2-6H,7H2,1H3,(H2,15,17). The summed E-state index contributed by atoms with van der Waals surface area (Å²) >= 11 is 5.58. The lowest BCUT2D eigenvalue weighted by Crippen LogP contribution is -2.12. The van der Waals surface area contributed by atoms with Gasteiger partial charge in [-0.05, 0) is 19.1 Å². The maximum absolute atomic E-state index is 13.3. The van der Waals surface area contributed by atoms with Crippen LogP contribution in [0.3, 0.4) is 0 Å². The van der Waals surface area contributed by atoms with Gasteiger partial charge in [0.25, 0.3) is 0 Å². The van der Waals surface area contributed by atoms with Crippen molar-refractivity contribution in [2.45, 2.75) is 6.92 Å². The fraction of sp³-hybridized carbons (Fsp3) is 0.167.